The van der Waals surface area contributed by atoms with E-state index in [2.05, 4.69) is 53.5 Å². The van der Waals surface area contributed by atoms with Crippen LogP contribution in [0, 0.1) is 0 Å². The van der Waals surface area contributed by atoms with E-state index in [4.69, 9.17) is 9.97 Å². The molecule has 6 rings (SSSR count). The minimum Gasteiger partial charge on any atom is -0.306 e. The number of hydrogen-bond acceptors (Lipinski definition) is 6. The third-order valence-corrected chi connectivity index (χ3v) is 9.65. The van der Waals surface area contributed by atoms with Crippen LogP contribution in [0.3, 0.4) is 0 Å². The minimum absolute atomic E-state index is 0.601. The second-order valence-corrected chi connectivity index (χ2v) is 11.7. The normalized spacial score (nSPS) is 25.9. The van der Waals surface area contributed by atoms with Crippen LogP contribution in [0.2, 0.25) is 0 Å². The standard InChI is InChI=1S/C26H35N5S2/c1-29-12-8-19(9-13-29)26-28-24(17-33-26)23-16-31(32)25-22(23)14-20(15-27-25)18-4-6-21(7-5-18)30-10-2-3-11-30/h14-19,21,32H,2-13H2,1H3. The van der Waals surface area contributed by atoms with Crippen molar-refractivity contribution < 1.29 is 0 Å². The van der Waals surface area contributed by atoms with Crippen molar-refractivity contribution in [2.45, 2.75) is 69.2 Å². The highest BCUT2D eigenvalue weighted by molar-refractivity contribution is 7.78. The first-order chi connectivity index (χ1) is 16.2. The summed E-state index contributed by atoms with van der Waals surface area (Å²) in [5.74, 6) is 1.23. The number of hydrogen-bond donors (Lipinski definition) is 1. The Kier molecular flexibility index (Phi) is 6.24. The van der Waals surface area contributed by atoms with E-state index < -0.39 is 0 Å². The number of piperidine rings is 1. The van der Waals surface area contributed by atoms with Gasteiger partial charge < -0.3 is 9.80 Å². The predicted molar refractivity (Wildman–Crippen MR) is 141 cm³/mol. The van der Waals surface area contributed by atoms with Crippen molar-refractivity contribution in [1.29, 1.82) is 0 Å². The van der Waals surface area contributed by atoms with Crippen LogP contribution in [-0.4, -0.2) is 63.0 Å². The Morgan fingerprint density at radius 2 is 1.73 bits per heavy atom. The number of nitrogens with zero attached hydrogens (tertiary/aromatic N) is 5. The lowest BCUT2D eigenvalue weighted by molar-refractivity contribution is 0.182. The molecule has 0 N–H and O–H groups in total. The van der Waals surface area contributed by atoms with E-state index in [1.54, 1.807) is 0 Å². The first-order valence-electron chi connectivity index (χ1n) is 12.7. The number of likely N-dealkylation sites (tertiary alicyclic amines) is 2. The van der Waals surface area contributed by atoms with E-state index in [1.807, 2.05) is 15.3 Å². The maximum absolute atomic E-state index is 5.11. The van der Waals surface area contributed by atoms with E-state index in [0.29, 0.717) is 11.8 Å². The largest absolute Gasteiger partial charge is 0.306 e. The highest BCUT2D eigenvalue weighted by atomic mass is 32.1. The summed E-state index contributed by atoms with van der Waals surface area (Å²) in [7, 11) is 2.22. The lowest BCUT2D eigenvalue weighted by atomic mass is 9.81. The summed E-state index contributed by atoms with van der Waals surface area (Å²) in [4.78, 5) is 15.1. The van der Waals surface area contributed by atoms with E-state index in [-0.39, 0.29) is 0 Å². The fraction of sp³-hybridized carbons (Fsp3) is 0.615. The van der Waals surface area contributed by atoms with Gasteiger partial charge in [0.25, 0.3) is 0 Å². The van der Waals surface area contributed by atoms with E-state index in [9.17, 15) is 0 Å². The molecule has 0 unspecified atom stereocenters. The van der Waals surface area contributed by atoms with Gasteiger partial charge in [-0.05, 0) is 102 Å². The molecule has 0 amide bonds. The minimum atomic E-state index is 0.601. The zero-order chi connectivity index (χ0) is 22.4. The highest BCUT2D eigenvalue weighted by Gasteiger charge is 2.29. The Morgan fingerprint density at radius 1 is 0.970 bits per heavy atom. The van der Waals surface area contributed by atoms with Crippen LogP contribution in [0.5, 0.6) is 0 Å². The average Bonchev–Trinajstić information content (AvgIpc) is 3.60. The Bertz CT molecular complexity index is 1100. The second-order valence-electron chi connectivity index (χ2n) is 10.4. The van der Waals surface area contributed by atoms with Gasteiger partial charge in [0, 0.05) is 40.7 Å². The van der Waals surface area contributed by atoms with Gasteiger partial charge in [0.1, 0.15) is 5.65 Å². The van der Waals surface area contributed by atoms with Gasteiger partial charge in [-0.2, -0.15) is 0 Å². The van der Waals surface area contributed by atoms with Gasteiger partial charge in [-0.1, -0.05) is 12.8 Å². The van der Waals surface area contributed by atoms with Crippen LogP contribution >= 0.6 is 24.2 Å². The molecular weight excluding hydrogens is 446 g/mol. The lowest BCUT2D eigenvalue weighted by Crippen LogP contribution is -2.35. The molecule has 7 heteroatoms. The third kappa shape index (κ3) is 4.38. The summed E-state index contributed by atoms with van der Waals surface area (Å²) in [5.41, 5.74) is 4.60. The molecule has 3 fully saturated rings. The van der Waals surface area contributed by atoms with Gasteiger partial charge in [-0.15, -0.1) is 11.3 Å². The molecule has 2 saturated heterocycles. The molecule has 0 spiro atoms. The van der Waals surface area contributed by atoms with E-state index in [0.717, 1.165) is 17.4 Å². The van der Waals surface area contributed by atoms with Crippen LogP contribution in [0.15, 0.2) is 23.8 Å². The van der Waals surface area contributed by atoms with Crippen molar-refractivity contribution in [3.63, 3.8) is 0 Å². The van der Waals surface area contributed by atoms with Gasteiger partial charge >= 0.3 is 0 Å². The molecule has 33 heavy (non-hydrogen) atoms. The fourth-order valence-corrected chi connectivity index (χ4v) is 7.54. The summed E-state index contributed by atoms with van der Waals surface area (Å²) in [5, 5.41) is 4.73. The lowest BCUT2D eigenvalue weighted by Gasteiger charge is -2.34. The van der Waals surface area contributed by atoms with Crippen molar-refractivity contribution in [1.82, 2.24) is 23.7 Å². The Balaban J connectivity index is 1.23. The summed E-state index contributed by atoms with van der Waals surface area (Å²) in [6, 6.07) is 3.20. The number of aromatic nitrogens is 3. The molecule has 3 aliphatic rings. The second kappa shape index (κ2) is 9.33. The van der Waals surface area contributed by atoms with Gasteiger partial charge in [0.2, 0.25) is 0 Å². The monoisotopic (exact) mass is 481 g/mol. The Morgan fingerprint density at radius 3 is 2.48 bits per heavy atom. The fourth-order valence-electron chi connectivity index (χ4n) is 6.27. The maximum Gasteiger partial charge on any atom is 0.150 e. The van der Waals surface area contributed by atoms with Crippen molar-refractivity contribution in [3.8, 4) is 11.3 Å². The number of thiazole rings is 1. The molecule has 0 atom stereocenters. The van der Waals surface area contributed by atoms with Crippen LogP contribution in [-0.2, 0) is 0 Å². The SMILES string of the molecule is CN1CCC(c2nc(-c3cn(S)c4ncc(C5CCC(N6CCCC6)CC5)cc34)cs2)CC1. The van der Waals surface area contributed by atoms with Crippen molar-refractivity contribution in [3.05, 3.63) is 34.4 Å². The summed E-state index contributed by atoms with van der Waals surface area (Å²) < 4.78 is 1.87. The zero-order valence-electron chi connectivity index (χ0n) is 19.6. The van der Waals surface area contributed by atoms with Gasteiger partial charge in [0.05, 0.1) is 10.7 Å². The average molecular weight is 482 g/mol. The first-order valence-corrected chi connectivity index (χ1v) is 14.0. The molecule has 0 radical (unpaired) electrons. The topological polar surface area (TPSA) is 37.2 Å². The maximum atomic E-state index is 5.11. The molecule has 0 aromatic carbocycles. The van der Waals surface area contributed by atoms with Crippen molar-refractivity contribution in [2.24, 2.45) is 0 Å². The molecule has 5 nitrogen and oxygen atoms in total. The number of rotatable bonds is 4. The van der Waals surface area contributed by atoms with Gasteiger partial charge in [-0.25, -0.2) is 9.97 Å². The Hall–Kier alpha value is -1.41. The summed E-state index contributed by atoms with van der Waals surface area (Å²) in [6.07, 6.45) is 14.6. The van der Waals surface area contributed by atoms with E-state index >= 15 is 0 Å². The first kappa shape index (κ1) is 22.1. The smallest absolute Gasteiger partial charge is 0.150 e. The molecule has 2 aliphatic heterocycles. The van der Waals surface area contributed by atoms with E-state index in [1.165, 1.54) is 99.1 Å². The van der Waals surface area contributed by atoms with Crippen molar-refractivity contribution >= 4 is 35.2 Å². The molecule has 176 valence electrons. The molecule has 3 aromatic heterocycles. The zero-order valence-corrected chi connectivity index (χ0v) is 21.3. The Labute approximate surface area is 206 Å². The van der Waals surface area contributed by atoms with Crippen LogP contribution in [0.25, 0.3) is 22.3 Å². The molecule has 1 saturated carbocycles. The molecular formula is C26H35N5S2. The molecule has 1 aliphatic carbocycles. The highest BCUT2D eigenvalue weighted by Crippen LogP contribution is 2.39. The third-order valence-electron chi connectivity index (χ3n) is 8.34. The number of fused-ring (bicyclic) bond motifs is 1. The molecule has 0 bridgehead atoms. The number of thiol groups is 1. The summed E-state index contributed by atoms with van der Waals surface area (Å²) in [6.45, 7) is 4.97. The predicted octanol–water partition coefficient (Wildman–Crippen LogP) is 5.78. The van der Waals surface area contributed by atoms with Gasteiger partial charge in [-0.3, -0.25) is 3.97 Å². The van der Waals surface area contributed by atoms with Crippen LogP contribution in [0.1, 0.15) is 73.8 Å². The van der Waals surface area contributed by atoms with Gasteiger partial charge in [0.15, 0.2) is 0 Å². The number of pyridine rings is 1. The van der Waals surface area contributed by atoms with Crippen molar-refractivity contribution in [2.75, 3.05) is 33.2 Å². The quantitative estimate of drug-likeness (QED) is 0.479. The molecule has 3 aromatic rings. The summed E-state index contributed by atoms with van der Waals surface area (Å²) >= 11 is 6.51. The van der Waals surface area contributed by atoms with Crippen LogP contribution < -0.4 is 0 Å². The van der Waals surface area contributed by atoms with Crippen LogP contribution in [0.4, 0.5) is 0 Å². The molecule has 5 heterocycles.